The quantitative estimate of drug-likeness (QED) is 0.642. The molecular weight excluding hydrogens is 398 g/mol. The van der Waals surface area contributed by atoms with Crippen LogP contribution in [-0.2, 0) is 24.7 Å². The van der Waals surface area contributed by atoms with Crippen LogP contribution in [-0.4, -0.2) is 45.3 Å². The molecule has 1 spiro atoms. The molecule has 3 heterocycles. The summed E-state index contributed by atoms with van der Waals surface area (Å²) in [4.78, 5) is 52.3. The first-order chi connectivity index (χ1) is 13.5. The lowest BCUT2D eigenvalue weighted by Crippen LogP contribution is -2.55. The van der Waals surface area contributed by atoms with E-state index in [1.54, 1.807) is 39.0 Å². The van der Waals surface area contributed by atoms with Crippen molar-refractivity contribution in [3.63, 3.8) is 0 Å². The van der Waals surface area contributed by atoms with Crippen molar-refractivity contribution in [2.45, 2.75) is 50.7 Å². The Bertz CT molecular complexity index is 956. The monoisotopic (exact) mass is 419 g/mol. The Morgan fingerprint density at radius 3 is 2.55 bits per heavy atom. The van der Waals surface area contributed by atoms with Crippen molar-refractivity contribution in [1.29, 1.82) is 0 Å². The number of amides is 3. The number of aliphatic carboxylic acids is 1. The average molecular weight is 420 g/mol. The lowest BCUT2D eigenvalue weighted by atomic mass is 9.76. The van der Waals surface area contributed by atoms with Crippen molar-refractivity contribution < 1.29 is 24.3 Å². The molecule has 3 N–H and O–H groups in total. The van der Waals surface area contributed by atoms with Crippen molar-refractivity contribution in [1.82, 2.24) is 10.2 Å². The number of carboxylic acid groups (broad SMARTS) is 1. The molecule has 0 radical (unpaired) electrons. The smallest absolute Gasteiger partial charge is 0.303 e. The van der Waals surface area contributed by atoms with Gasteiger partial charge in [0.25, 0.3) is 0 Å². The highest BCUT2D eigenvalue weighted by atomic mass is 35.5. The van der Waals surface area contributed by atoms with Crippen LogP contribution in [0, 0.1) is 11.8 Å². The summed E-state index contributed by atoms with van der Waals surface area (Å²) in [6, 6.07) is 4.29. The van der Waals surface area contributed by atoms with E-state index < -0.39 is 46.7 Å². The van der Waals surface area contributed by atoms with Gasteiger partial charge in [0.15, 0.2) is 0 Å². The van der Waals surface area contributed by atoms with Crippen LogP contribution in [0.3, 0.4) is 0 Å². The average Bonchev–Trinajstić information content (AvgIpc) is 3.18. The van der Waals surface area contributed by atoms with Crippen LogP contribution in [0.25, 0.3) is 0 Å². The maximum absolute atomic E-state index is 13.5. The van der Waals surface area contributed by atoms with Gasteiger partial charge in [0, 0.05) is 34.3 Å². The molecule has 0 unspecified atom stereocenters. The van der Waals surface area contributed by atoms with Gasteiger partial charge in [-0.3, -0.25) is 29.4 Å². The molecule has 4 atom stereocenters. The predicted octanol–water partition coefficient (Wildman–Crippen LogP) is 1.72. The van der Waals surface area contributed by atoms with E-state index in [0.29, 0.717) is 16.3 Å². The van der Waals surface area contributed by atoms with E-state index >= 15 is 0 Å². The Labute approximate surface area is 172 Å². The lowest BCUT2D eigenvalue weighted by molar-refractivity contribution is -0.148. The fraction of sp³-hybridized carbons (Fsp3) is 0.500. The number of carboxylic acids is 1. The maximum atomic E-state index is 13.5. The predicted molar refractivity (Wildman–Crippen MR) is 104 cm³/mol. The number of anilines is 1. The lowest BCUT2D eigenvalue weighted by Gasteiger charge is -2.34. The molecule has 3 aliphatic rings. The molecule has 0 aliphatic carbocycles. The number of hydrogen-bond donors (Lipinski definition) is 3. The van der Waals surface area contributed by atoms with E-state index in [4.69, 9.17) is 16.7 Å². The number of nitrogens with zero attached hydrogens (tertiary/aromatic N) is 1. The zero-order valence-corrected chi connectivity index (χ0v) is 17.0. The molecule has 1 aromatic carbocycles. The Balaban J connectivity index is 1.88. The number of carbonyl (C=O) groups is 4. The molecule has 3 amide bonds. The van der Waals surface area contributed by atoms with Gasteiger partial charge >= 0.3 is 5.97 Å². The largest absolute Gasteiger partial charge is 0.481 e. The molecule has 9 heteroatoms. The molecule has 0 bridgehead atoms. The van der Waals surface area contributed by atoms with E-state index in [1.165, 1.54) is 4.90 Å². The normalized spacial score (nSPS) is 30.7. The zero-order valence-electron chi connectivity index (χ0n) is 16.3. The third kappa shape index (κ3) is 2.69. The Morgan fingerprint density at radius 2 is 1.93 bits per heavy atom. The highest BCUT2D eigenvalue weighted by molar-refractivity contribution is 6.31. The SMILES string of the molecule is CC(C)(C)N1C(=O)[C@H]2[C@H](CCC(=O)O)N[C@@]3(C(=O)Nc4ccc(Cl)cc43)[C@@H]2C1=O. The van der Waals surface area contributed by atoms with Crippen molar-refractivity contribution in [3.8, 4) is 0 Å². The van der Waals surface area contributed by atoms with E-state index in [2.05, 4.69) is 10.6 Å². The van der Waals surface area contributed by atoms with Gasteiger partial charge in [-0.25, -0.2) is 0 Å². The van der Waals surface area contributed by atoms with Crippen molar-refractivity contribution in [3.05, 3.63) is 28.8 Å². The topological polar surface area (TPSA) is 116 Å². The van der Waals surface area contributed by atoms with E-state index in [-0.39, 0.29) is 18.7 Å². The molecule has 29 heavy (non-hydrogen) atoms. The second-order valence-corrected chi connectivity index (χ2v) is 9.26. The number of halogens is 1. The van der Waals surface area contributed by atoms with Crippen LogP contribution in [0.2, 0.25) is 5.02 Å². The molecule has 3 aliphatic heterocycles. The molecule has 0 saturated carbocycles. The van der Waals surface area contributed by atoms with Gasteiger partial charge in [0.05, 0.1) is 11.8 Å². The fourth-order valence-corrected chi connectivity index (χ4v) is 5.13. The zero-order chi connectivity index (χ0) is 21.3. The molecule has 2 fully saturated rings. The molecule has 154 valence electrons. The van der Waals surface area contributed by atoms with Gasteiger partial charge in [0.1, 0.15) is 5.54 Å². The number of nitrogens with one attached hydrogen (secondary N) is 2. The van der Waals surface area contributed by atoms with Gasteiger partial charge in [-0.2, -0.15) is 0 Å². The third-order valence-corrected chi connectivity index (χ3v) is 6.25. The fourth-order valence-electron chi connectivity index (χ4n) is 4.96. The first-order valence-corrected chi connectivity index (χ1v) is 9.85. The van der Waals surface area contributed by atoms with E-state index in [9.17, 15) is 19.2 Å². The summed E-state index contributed by atoms with van der Waals surface area (Å²) in [7, 11) is 0. The van der Waals surface area contributed by atoms with Crippen LogP contribution in [0.4, 0.5) is 5.69 Å². The van der Waals surface area contributed by atoms with Gasteiger partial charge in [0.2, 0.25) is 17.7 Å². The summed E-state index contributed by atoms with van der Waals surface area (Å²) in [5, 5.41) is 15.5. The number of hydrogen-bond acceptors (Lipinski definition) is 5. The van der Waals surface area contributed by atoms with Crippen LogP contribution in [0.1, 0.15) is 39.2 Å². The van der Waals surface area contributed by atoms with Crippen LogP contribution < -0.4 is 10.6 Å². The Morgan fingerprint density at radius 1 is 1.24 bits per heavy atom. The summed E-state index contributed by atoms with van der Waals surface area (Å²) in [5.74, 6) is -4.03. The highest BCUT2D eigenvalue weighted by Gasteiger charge is 2.71. The standard InChI is InChI=1S/C20H22ClN3O5/c1-19(2,3)24-16(27)14-12(6-7-13(25)26)23-20(15(14)17(24)28)10-8-9(21)4-5-11(10)22-18(20)29/h4-5,8,12,14-15,23H,6-7H2,1-3H3,(H,22,29)(H,25,26)/t12-,14-,15-,20+/m0/s1. The number of carbonyl (C=O) groups excluding carboxylic acids is 3. The Kier molecular flexibility index (Phi) is 4.29. The van der Waals surface area contributed by atoms with Crippen molar-refractivity contribution >= 4 is 41.0 Å². The second-order valence-electron chi connectivity index (χ2n) is 8.82. The summed E-state index contributed by atoms with van der Waals surface area (Å²) in [5.41, 5.74) is -1.18. The highest BCUT2D eigenvalue weighted by Crippen LogP contribution is 2.54. The number of likely N-dealkylation sites (tertiary alicyclic amines) is 1. The minimum Gasteiger partial charge on any atom is -0.481 e. The number of fused-ring (bicyclic) bond motifs is 4. The minimum absolute atomic E-state index is 0.123. The molecule has 4 rings (SSSR count). The van der Waals surface area contributed by atoms with E-state index in [0.717, 1.165) is 0 Å². The first kappa shape index (κ1) is 19.8. The van der Waals surface area contributed by atoms with Gasteiger partial charge in [-0.1, -0.05) is 11.6 Å². The number of benzene rings is 1. The first-order valence-electron chi connectivity index (χ1n) is 9.47. The van der Waals surface area contributed by atoms with E-state index in [1.807, 2.05) is 0 Å². The van der Waals surface area contributed by atoms with Gasteiger partial charge in [-0.05, 0) is 45.4 Å². The third-order valence-electron chi connectivity index (χ3n) is 6.02. The van der Waals surface area contributed by atoms with Gasteiger partial charge in [-0.15, -0.1) is 0 Å². The van der Waals surface area contributed by atoms with Gasteiger partial charge < -0.3 is 10.4 Å². The molecular formula is C20H22ClN3O5. The molecule has 0 aromatic heterocycles. The summed E-state index contributed by atoms with van der Waals surface area (Å²) in [6.45, 7) is 5.28. The number of imide groups is 1. The van der Waals surface area contributed by atoms with Crippen molar-refractivity contribution in [2.24, 2.45) is 11.8 Å². The summed E-state index contributed by atoms with van der Waals surface area (Å²) >= 11 is 6.17. The van der Waals surface area contributed by atoms with Crippen LogP contribution in [0.5, 0.6) is 0 Å². The summed E-state index contributed by atoms with van der Waals surface area (Å²) in [6.07, 6.45) is -0.0591. The maximum Gasteiger partial charge on any atom is 0.303 e. The molecule has 1 aromatic rings. The minimum atomic E-state index is -1.46. The summed E-state index contributed by atoms with van der Waals surface area (Å²) < 4.78 is 0. The van der Waals surface area contributed by atoms with Crippen LogP contribution >= 0.6 is 11.6 Å². The van der Waals surface area contributed by atoms with Crippen molar-refractivity contribution in [2.75, 3.05) is 5.32 Å². The number of rotatable bonds is 3. The second kappa shape index (κ2) is 6.27. The molecule has 2 saturated heterocycles. The molecule has 8 nitrogen and oxygen atoms in total. The van der Waals surface area contributed by atoms with Crippen LogP contribution in [0.15, 0.2) is 18.2 Å². The Hall–Kier alpha value is -2.45.